The third kappa shape index (κ3) is 6.58. The monoisotopic (exact) mass is 523 g/mol. The maximum Gasteiger partial charge on any atom is 0.244 e. The summed E-state index contributed by atoms with van der Waals surface area (Å²) in [5.41, 5.74) is 0.907. The molecule has 1 heterocycles. The van der Waals surface area contributed by atoms with Crippen molar-refractivity contribution in [1.29, 1.82) is 0 Å². The Labute approximate surface area is 211 Å². The van der Waals surface area contributed by atoms with E-state index in [0.717, 1.165) is 10.6 Å². The summed E-state index contributed by atoms with van der Waals surface area (Å²) in [6.07, 6.45) is 1.36. The zero-order valence-corrected chi connectivity index (χ0v) is 21.6. The highest BCUT2D eigenvalue weighted by atomic mass is 35.5. The summed E-state index contributed by atoms with van der Waals surface area (Å²) < 4.78 is 37.5. The number of hydrogen-bond acceptors (Lipinski definition) is 6. The average molecular weight is 524 g/mol. The first-order chi connectivity index (χ1) is 16.7. The Kier molecular flexibility index (Phi) is 8.85. The molecule has 11 heteroatoms. The van der Waals surface area contributed by atoms with Crippen molar-refractivity contribution in [1.82, 2.24) is 10.2 Å². The fourth-order valence-corrected chi connectivity index (χ4v) is 4.86. The Morgan fingerprint density at radius 2 is 1.77 bits per heavy atom. The molecule has 1 unspecified atom stereocenters. The molecule has 0 saturated heterocycles. The number of sulfonamides is 1. The van der Waals surface area contributed by atoms with Gasteiger partial charge >= 0.3 is 0 Å². The average Bonchev–Trinajstić information content (AvgIpc) is 2.82. The van der Waals surface area contributed by atoms with Crippen LogP contribution in [0.3, 0.4) is 0 Å². The molecule has 2 aromatic carbocycles. The normalized spacial score (nSPS) is 13.6. The summed E-state index contributed by atoms with van der Waals surface area (Å²) in [5.74, 6) is 0.0444. The number of benzene rings is 2. The van der Waals surface area contributed by atoms with Gasteiger partial charge in [-0.3, -0.25) is 13.9 Å². The quantitative estimate of drug-likeness (QED) is 0.513. The zero-order valence-electron chi connectivity index (χ0n) is 20.0. The van der Waals surface area contributed by atoms with Gasteiger partial charge in [-0.1, -0.05) is 36.7 Å². The van der Waals surface area contributed by atoms with Crippen LogP contribution in [0.25, 0.3) is 0 Å². The molecule has 1 aliphatic rings. The highest BCUT2D eigenvalue weighted by Crippen LogP contribution is 2.34. The smallest absolute Gasteiger partial charge is 0.244 e. The molecule has 190 valence electrons. The molecule has 1 N–H and O–H groups in total. The van der Waals surface area contributed by atoms with E-state index in [0.29, 0.717) is 48.3 Å². The minimum Gasteiger partial charge on any atom is -0.486 e. The second-order valence-electron chi connectivity index (χ2n) is 8.03. The first-order valence-electron chi connectivity index (χ1n) is 11.3. The highest BCUT2D eigenvalue weighted by molar-refractivity contribution is 7.92. The van der Waals surface area contributed by atoms with E-state index in [1.807, 2.05) is 0 Å². The largest absolute Gasteiger partial charge is 0.486 e. The fourth-order valence-electron chi connectivity index (χ4n) is 3.82. The van der Waals surface area contributed by atoms with Crippen LogP contribution in [-0.2, 0) is 26.2 Å². The van der Waals surface area contributed by atoms with Gasteiger partial charge in [0.25, 0.3) is 0 Å². The fraction of sp³-hybridized carbons (Fsp3) is 0.417. The van der Waals surface area contributed by atoms with Crippen molar-refractivity contribution < 1.29 is 27.5 Å². The lowest BCUT2D eigenvalue weighted by Gasteiger charge is -2.33. The molecule has 2 aromatic rings. The van der Waals surface area contributed by atoms with Crippen LogP contribution < -0.4 is 19.1 Å². The zero-order chi connectivity index (χ0) is 25.6. The summed E-state index contributed by atoms with van der Waals surface area (Å²) in [7, 11) is -3.85. The molecule has 0 bridgehead atoms. The van der Waals surface area contributed by atoms with E-state index in [1.165, 1.54) is 11.0 Å². The Morgan fingerprint density at radius 1 is 1.09 bits per heavy atom. The summed E-state index contributed by atoms with van der Waals surface area (Å²) in [5, 5.41) is 3.20. The van der Waals surface area contributed by atoms with E-state index in [2.05, 4.69) is 5.32 Å². The second kappa shape index (κ2) is 11.6. The van der Waals surface area contributed by atoms with Crippen molar-refractivity contribution in [3.63, 3.8) is 0 Å². The number of amides is 2. The summed E-state index contributed by atoms with van der Waals surface area (Å²) in [6.45, 7) is 4.27. The van der Waals surface area contributed by atoms with Gasteiger partial charge in [0.2, 0.25) is 21.8 Å². The third-order valence-corrected chi connectivity index (χ3v) is 7.04. The molecule has 1 atom stereocenters. The molecule has 0 fully saturated rings. The van der Waals surface area contributed by atoms with Crippen LogP contribution in [0.1, 0.15) is 25.8 Å². The second-order valence-corrected chi connectivity index (χ2v) is 10.3. The van der Waals surface area contributed by atoms with Crippen molar-refractivity contribution in [3.05, 3.63) is 53.1 Å². The predicted molar refractivity (Wildman–Crippen MR) is 134 cm³/mol. The van der Waals surface area contributed by atoms with E-state index in [4.69, 9.17) is 21.1 Å². The molecule has 0 aromatic heterocycles. The molecule has 1 aliphatic heterocycles. The number of carbonyl (C=O) groups is 2. The van der Waals surface area contributed by atoms with E-state index in [1.54, 1.807) is 50.2 Å². The Morgan fingerprint density at radius 3 is 2.40 bits per heavy atom. The number of fused-ring (bicyclic) bond motifs is 1. The number of nitrogens with zero attached hydrogens (tertiary/aromatic N) is 2. The van der Waals surface area contributed by atoms with Crippen LogP contribution in [0.15, 0.2) is 42.5 Å². The van der Waals surface area contributed by atoms with Crippen molar-refractivity contribution in [2.24, 2.45) is 0 Å². The van der Waals surface area contributed by atoms with Gasteiger partial charge < -0.3 is 19.7 Å². The van der Waals surface area contributed by atoms with E-state index in [-0.39, 0.29) is 18.1 Å². The van der Waals surface area contributed by atoms with E-state index < -0.39 is 28.5 Å². The van der Waals surface area contributed by atoms with Crippen LogP contribution >= 0.6 is 11.6 Å². The van der Waals surface area contributed by atoms with Crippen LogP contribution in [0.4, 0.5) is 5.69 Å². The van der Waals surface area contributed by atoms with Crippen molar-refractivity contribution in [2.75, 3.05) is 36.9 Å². The summed E-state index contributed by atoms with van der Waals surface area (Å²) in [6, 6.07) is 10.9. The number of rotatable bonds is 10. The molecule has 0 spiro atoms. The number of hydrogen-bond donors (Lipinski definition) is 1. The van der Waals surface area contributed by atoms with Crippen LogP contribution in [0.5, 0.6) is 11.5 Å². The van der Waals surface area contributed by atoms with Crippen LogP contribution in [0, 0.1) is 0 Å². The first-order valence-corrected chi connectivity index (χ1v) is 13.6. The minimum absolute atomic E-state index is 0.0485. The van der Waals surface area contributed by atoms with Gasteiger partial charge in [0.15, 0.2) is 11.5 Å². The Hall–Kier alpha value is -2.98. The standard InChI is InChI=1S/C24H30ClN3O6S/c1-4-20(24(30)26-5-2)27(15-17-8-6-7-9-19(17)25)23(29)16-28(35(3,31)32)18-10-11-21-22(14-18)34-13-12-33-21/h6-11,14,20H,4-5,12-13,15-16H2,1-3H3,(H,26,30). The minimum atomic E-state index is -3.85. The Balaban J connectivity index is 1.96. The molecule has 9 nitrogen and oxygen atoms in total. The maximum absolute atomic E-state index is 13.6. The van der Waals surface area contributed by atoms with Gasteiger partial charge in [-0.05, 0) is 37.1 Å². The van der Waals surface area contributed by atoms with Gasteiger partial charge in [0.1, 0.15) is 25.8 Å². The number of nitrogens with one attached hydrogen (secondary N) is 1. The third-order valence-electron chi connectivity index (χ3n) is 5.53. The summed E-state index contributed by atoms with van der Waals surface area (Å²) in [4.78, 5) is 27.8. The number of halogens is 1. The number of carbonyl (C=O) groups excluding carboxylic acids is 2. The molecule has 3 rings (SSSR count). The van der Waals surface area contributed by atoms with Crippen molar-refractivity contribution >= 4 is 39.1 Å². The summed E-state index contributed by atoms with van der Waals surface area (Å²) >= 11 is 6.33. The SMILES string of the molecule is CCNC(=O)C(CC)N(Cc1ccccc1Cl)C(=O)CN(c1ccc2c(c1)OCCO2)S(C)(=O)=O. The van der Waals surface area contributed by atoms with Crippen LogP contribution in [0.2, 0.25) is 5.02 Å². The van der Waals surface area contributed by atoms with Gasteiger partial charge in [-0.15, -0.1) is 0 Å². The first kappa shape index (κ1) is 26.6. The topological polar surface area (TPSA) is 105 Å². The van der Waals surface area contributed by atoms with E-state index >= 15 is 0 Å². The Bertz CT molecular complexity index is 1170. The van der Waals surface area contributed by atoms with Crippen molar-refractivity contribution in [3.8, 4) is 11.5 Å². The van der Waals surface area contributed by atoms with Crippen LogP contribution in [-0.4, -0.2) is 63.7 Å². The van der Waals surface area contributed by atoms with Gasteiger partial charge in [-0.2, -0.15) is 0 Å². The molecular formula is C24H30ClN3O6S. The molecule has 0 radical (unpaired) electrons. The number of ether oxygens (including phenoxy) is 2. The lowest BCUT2D eigenvalue weighted by Crippen LogP contribution is -2.52. The molecular weight excluding hydrogens is 494 g/mol. The maximum atomic E-state index is 13.6. The number of anilines is 1. The van der Waals surface area contributed by atoms with Gasteiger partial charge in [0.05, 0.1) is 11.9 Å². The lowest BCUT2D eigenvalue weighted by atomic mass is 10.1. The number of likely N-dealkylation sites (N-methyl/N-ethyl adjacent to an activating group) is 1. The lowest BCUT2D eigenvalue weighted by molar-refractivity contribution is -0.140. The molecule has 0 saturated carbocycles. The highest BCUT2D eigenvalue weighted by Gasteiger charge is 2.32. The molecule has 0 aliphatic carbocycles. The van der Waals surface area contributed by atoms with Gasteiger partial charge in [-0.25, -0.2) is 8.42 Å². The van der Waals surface area contributed by atoms with Gasteiger partial charge in [0, 0.05) is 24.2 Å². The molecule has 35 heavy (non-hydrogen) atoms. The van der Waals surface area contributed by atoms with E-state index in [9.17, 15) is 18.0 Å². The van der Waals surface area contributed by atoms with Crippen molar-refractivity contribution in [2.45, 2.75) is 32.9 Å². The molecule has 2 amide bonds. The predicted octanol–water partition coefficient (Wildman–Crippen LogP) is 2.82.